The standard InChI is InChI=1S/C20H18O6/c1-2-26-16(24)10-9-15(23)17-11-5-3-7-13(21)18(11)20(25)19-12(17)6-4-8-14(19)22/h3-8,17,21-22H,2,9-10H2,1H3. The predicted molar refractivity (Wildman–Crippen MR) is 92.4 cm³/mol. The Morgan fingerprint density at radius 2 is 1.50 bits per heavy atom. The van der Waals surface area contributed by atoms with E-state index in [1.807, 2.05) is 0 Å². The van der Waals surface area contributed by atoms with E-state index >= 15 is 0 Å². The van der Waals surface area contributed by atoms with E-state index in [1.54, 1.807) is 31.2 Å². The lowest BCUT2D eigenvalue weighted by molar-refractivity contribution is -0.144. The summed E-state index contributed by atoms with van der Waals surface area (Å²) in [5, 5.41) is 20.3. The first-order valence-corrected chi connectivity index (χ1v) is 8.32. The summed E-state index contributed by atoms with van der Waals surface area (Å²) in [4.78, 5) is 37.2. The Morgan fingerprint density at radius 3 is 2.00 bits per heavy atom. The van der Waals surface area contributed by atoms with Gasteiger partial charge in [0.05, 0.1) is 30.1 Å². The molecule has 2 aromatic carbocycles. The zero-order chi connectivity index (χ0) is 18.8. The third-order valence-corrected chi connectivity index (χ3v) is 4.43. The number of ketones is 2. The van der Waals surface area contributed by atoms with Crippen molar-refractivity contribution in [1.29, 1.82) is 0 Å². The normalized spacial score (nSPS) is 13.0. The summed E-state index contributed by atoms with van der Waals surface area (Å²) in [7, 11) is 0. The van der Waals surface area contributed by atoms with E-state index in [0.29, 0.717) is 11.1 Å². The van der Waals surface area contributed by atoms with Gasteiger partial charge in [-0.3, -0.25) is 14.4 Å². The molecule has 1 aliphatic rings. The Labute approximate surface area is 150 Å². The fraction of sp³-hybridized carbons (Fsp3) is 0.250. The van der Waals surface area contributed by atoms with Crippen molar-refractivity contribution < 1.29 is 29.3 Å². The van der Waals surface area contributed by atoms with Crippen molar-refractivity contribution in [3.63, 3.8) is 0 Å². The van der Waals surface area contributed by atoms with Crippen LogP contribution in [0.2, 0.25) is 0 Å². The van der Waals surface area contributed by atoms with E-state index in [-0.39, 0.29) is 47.9 Å². The molecule has 2 aromatic rings. The van der Waals surface area contributed by atoms with Crippen LogP contribution < -0.4 is 0 Å². The van der Waals surface area contributed by atoms with Crippen molar-refractivity contribution in [2.24, 2.45) is 0 Å². The van der Waals surface area contributed by atoms with Gasteiger partial charge in [0.25, 0.3) is 0 Å². The van der Waals surface area contributed by atoms with Crippen LogP contribution in [0.4, 0.5) is 0 Å². The molecule has 0 fully saturated rings. The molecule has 0 saturated heterocycles. The molecule has 0 amide bonds. The molecule has 0 spiro atoms. The van der Waals surface area contributed by atoms with Gasteiger partial charge < -0.3 is 14.9 Å². The minimum atomic E-state index is -0.841. The molecule has 0 saturated carbocycles. The second kappa shape index (κ2) is 7.00. The maximum atomic E-state index is 12.9. The summed E-state index contributed by atoms with van der Waals surface area (Å²) in [6, 6.07) is 9.05. The molecule has 26 heavy (non-hydrogen) atoms. The van der Waals surface area contributed by atoms with Crippen LogP contribution in [0.25, 0.3) is 0 Å². The summed E-state index contributed by atoms with van der Waals surface area (Å²) < 4.78 is 4.85. The van der Waals surface area contributed by atoms with E-state index in [4.69, 9.17) is 4.74 Å². The van der Waals surface area contributed by atoms with Crippen molar-refractivity contribution in [2.45, 2.75) is 25.7 Å². The zero-order valence-corrected chi connectivity index (χ0v) is 14.2. The van der Waals surface area contributed by atoms with Crippen LogP contribution >= 0.6 is 0 Å². The number of aromatic hydroxyl groups is 2. The van der Waals surface area contributed by atoms with Crippen LogP contribution in [0, 0.1) is 0 Å². The summed E-state index contributed by atoms with van der Waals surface area (Å²) in [5.74, 6) is -2.62. The van der Waals surface area contributed by atoms with Gasteiger partial charge in [-0.1, -0.05) is 24.3 Å². The maximum absolute atomic E-state index is 12.9. The number of benzene rings is 2. The number of phenols is 2. The van der Waals surface area contributed by atoms with E-state index in [0.717, 1.165) is 0 Å². The highest BCUT2D eigenvalue weighted by Gasteiger charge is 2.38. The van der Waals surface area contributed by atoms with Crippen LogP contribution in [0.15, 0.2) is 36.4 Å². The van der Waals surface area contributed by atoms with Gasteiger partial charge in [-0.25, -0.2) is 0 Å². The third kappa shape index (κ3) is 2.94. The molecule has 134 valence electrons. The number of rotatable bonds is 5. The molecule has 0 aliphatic heterocycles. The smallest absolute Gasteiger partial charge is 0.306 e. The van der Waals surface area contributed by atoms with Crippen molar-refractivity contribution in [3.8, 4) is 11.5 Å². The molecule has 0 heterocycles. The van der Waals surface area contributed by atoms with Crippen molar-refractivity contribution in [1.82, 2.24) is 0 Å². The molecule has 3 rings (SSSR count). The lowest BCUT2D eigenvalue weighted by atomic mass is 9.74. The number of Topliss-reactive ketones (excluding diaryl/α,β-unsaturated/α-hetero) is 1. The fourth-order valence-corrected chi connectivity index (χ4v) is 3.33. The van der Waals surface area contributed by atoms with Crippen LogP contribution in [0.1, 0.15) is 52.7 Å². The quantitative estimate of drug-likeness (QED) is 0.801. The van der Waals surface area contributed by atoms with E-state index < -0.39 is 17.7 Å². The summed E-state index contributed by atoms with van der Waals surface area (Å²) in [5.41, 5.74) is 0.774. The molecular formula is C20H18O6. The summed E-state index contributed by atoms with van der Waals surface area (Å²) in [6.45, 7) is 1.92. The number of fused-ring (bicyclic) bond motifs is 2. The SMILES string of the molecule is CCOC(=O)CCC(=O)C1c2cccc(O)c2C(=O)c2c(O)cccc21. The van der Waals surface area contributed by atoms with Gasteiger partial charge in [0.2, 0.25) is 5.78 Å². The Balaban J connectivity index is 2.06. The largest absolute Gasteiger partial charge is 0.507 e. The predicted octanol–water partition coefficient (Wildman–Crippen LogP) is 2.69. The number of carbonyl (C=O) groups is 3. The van der Waals surface area contributed by atoms with Gasteiger partial charge >= 0.3 is 5.97 Å². The number of hydrogen-bond acceptors (Lipinski definition) is 6. The number of phenolic OH excluding ortho intramolecular Hbond substituents is 2. The highest BCUT2D eigenvalue weighted by atomic mass is 16.5. The van der Waals surface area contributed by atoms with Crippen LogP contribution in [-0.4, -0.2) is 34.4 Å². The van der Waals surface area contributed by atoms with Gasteiger partial charge in [-0.05, 0) is 30.2 Å². The Bertz CT molecular complexity index is 844. The number of hydrogen-bond donors (Lipinski definition) is 2. The van der Waals surface area contributed by atoms with E-state index in [2.05, 4.69) is 0 Å². The van der Waals surface area contributed by atoms with E-state index in [9.17, 15) is 24.6 Å². The lowest BCUT2D eigenvalue weighted by Crippen LogP contribution is -2.25. The van der Waals surface area contributed by atoms with Gasteiger partial charge in [-0.2, -0.15) is 0 Å². The van der Waals surface area contributed by atoms with Crippen molar-refractivity contribution >= 4 is 17.5 Å². The Hall–Kier alpha value is -3.15. The molecule has 2 N–H and O–H groups in total. The van der Waals surface area contributed by atoms with Crippen LogP contribution in [0.3, 0.4) is 0 Å². The first-order valence-electron chi connectivity index (χ1n) is 8.32. The highest BCUT2D eigenvalue weighted by molar-refractivity contribution is 6.18. The lowest BCUT2D eigenvalue weighted by Gasteiger charge is -2.27. The van der Waals surface area contributed by atoms with Gasteiger partial charge in [0.1, 0.15) is 17.3 Å². The highest BCUT2D eigenvalue weighted by Crippen LogP contribution is 2.43. The number of ether oxygens (including phenoxy) is 1. The molecule has 6 nitrogen and oxygen atoms in total. The van der Waals surface area contributed by atoms with Gasteiger partial charge in [-0.15, -0.1) is 0 Å². The summed E-state index contributed by atoms with van der Waals surface area (Å²) >= 11 is 0. The van der Waals surface area contributed by atoms with Gasteiger partial charge in [0.15, 0.2) is 0 Å². The zero-order valence-electron chi connectivity index (χ0n) is 14.2. The molecule has 6 heteroatoms. The molecule has 0 aromatic heterocycles. The maximum Gasteiger partial charge on any atom is 0.306 e. The van der Waals surface area contributed by atoms with Crippen LogP contribution in [-0.2, 0) is 14.3 Å². The second-order valence-corrected chi connectivity index (χ2v) is 6.02. The Morgan fingerprint density at radius 1 is 0.962 bits per heavy atom. The number of esters is 1. The molecule has 0 unspecified atom stereocenters. The van der Waals surface area contributed by atoms with Crippen molar-refractivity contribution in [2.75, 3.05) is 6.61 Å². The first-order chi connectivity index (χ1) is 12.5. The molecule has 0 atom stereocenters. The monoisotopic (exact) mass is 354 g/mol. The molecule has 0 bridgehead atoms. The minimum absolute atomic E-state index is 0.0102. The number of carbonyl (C=O) groups excluding carboxylic acids is 3. The third-order valence-electron chi connectivity index (χ3n) is 4.43. The molecular weight excluding hydrogens is 336 g/mol. The molecule has 1 aliphatic carbocycles. The first kappa shape index (κ1) is 17.7. The van der Waals surface area contributed by atoms with E-state index in [1.165, 1.54) is 12.1 Å². The van der Waals surface area contributed by atoms with Crippen LogP contribution in [0.5, 0.6) is 11.5 Å². The molecule has 0 radical (unpaired) electrons. The van der Waals surface area contributed by atoms with Crippen molar-refractivity contribution in [3.05, 3.63) is 58.7 Å². The summed E-state index contributed by atoms with van der Waals surface area (Å²) in [6.07, 6.45) is -0.138. The Kier molecular flexibility index (Phi) is 4.75. The average Bonchev–Trinajstić information content (AvgIpc) is 2.60. The fourth-order valence-electron chi connectivity index (χ4n) is 3.33. The van der Waals surface area contributed by atoms with Gasteiger partial charge in [0, 0.05) is 6.42 Å². The second-order valence-electron chi connectivity index (χ2n) is 6.02. The minimum Gasteiger partial charge on any atom is -0.507 e. The average molecular weight is 354 g/mol. The topological polar surface area (TPSA) is 101 Å².